The van der Waals surface area contributed by atoms with E-state index in [1.165, 1.54) is 12.8 Å². The van der Waals surface area contributed by atoms with Crippen molar-refractivity contribution in [3.05, 3.63) is 23.5 Å². The molecule has 92 valence electrons. The highest BCUT2D eigenvalue weighted by Crippen LogP contribution is 2.32. The molecular weight excluding hydrogens is 216 g/mol. The molecule has 0 aliphatic heterocycles. The highest BCUT2D eigenvalue weighted by atomic mass is 16.1. The first-order valence-corrected chi connectivity index (χ1v) is 5.86. The van der Waals surface area contributed by atoms with Crippen molar-refractivity contribution in [2.45, 2.75) is 32.7 Å². The number of nitrogens with zero attached hydrogens (tertiary/aromatic N) is 1. The van der Waals surface area contributed by atoms with Gasteiger partial charge in [0.15, 0.2) is 0 Å². The molecule has 5 heteroatoms. The van der Waals surface area contributed by atoms with Crippen molar-refractivity contribution in [1.29, 1.82) is 0 Å². The first-order valence-electron chi connectivity index (χ1n) is 5.86. The van der Waals surface area contributed by atoms with Crippen molar-refractivity contribution in [3.63, 3.8) is 0 Å². The number of carbonyl (C=O) groups is 1. The molecule has 1 atom stereocenters. The topological polar surface area (TPSA) is 80.0 Å². The second-order valence-corrected chi connectivity index (χ2v) is 4.62. The van der Waals surface area contributed by atoms with Crippen LogP contribution in [-0.4, -0.2) is 16.9 Å². The van der Waals surface area contributed by atoms with Gasteiger partial charge in [-0.2, -0.15) is 0 Å². The molecule has 1 aliphatic carbocycles. The van der Waals surface area contributed by atoms with Gasteiger partial charge in [0.25, 0.3) is 5.91 Å². The van der Waals surface area contributed by atoms with Crippen LogP contribution in [0.1, 0.15) is 35.8 Å². The summed E-state index contributed by atoms with van der Waals surface area (Å²) >= 11 is 0. The molecule has 2 rings (SSSR count). The van der Waals surface area contributed by atoms with Crippen molar-refractivity contribution < 1.29 is 4.79 Å². The van der Waals surface area contributed by atoms with Gasteiger partial charge < -0.3 is 10.7 Å². The van der Waals surface area contributed by atoms with Crippen LogP contribution in [0.15, 0.2) is 12.3 Å². The molecule has 0 radical (unpaired) electrons. The van der Waals surface area contributed by atoms with Gasteiger partial charge in [0, 0.05) is 17.9 Å². The molecule has 0 saturated heterocycles. The highest BCUT2D eigenvalue weighted by molar-refractivity contribution is 5.99. The number of pyridine rings is 1. The van der Waals surface area contributed by atoms with Crippen LogP contribution in [0, 0.1) is 12.8 Å². The zero-order chi connectivity index (χ0) is 12.4. The minimum atomic E-state index is -0.121. The number of nitrogen functional groups attached to an aromatic ring is 1. The summed E-state index contributed by atoms with van der Waals surface area (Å²) in [6.07, 6.45) is 3.96. The first kappa shape index (κ1) is 11.9. The van der Waals surface area contributed by atoms with Crippen LogP contribution in [0.25, 0.3) is 0 Å². The lowest BCUT2D eigenvalue weighted by Crippen LogP contribution is -2.34. The van der Waals surface area contributed by atoms with Gasteiger partial charge in [-0.3, -0.25) is 15.6 Å². The van der Waals surface area contributed by atoms with E-state index in [1.807, 2.05) is 13.8 Å². The van der Waals surface area contributed by atoms with E-state index in [1.54, 1.807) is 12.3 Å². The quantitative estimate of drug-likeness (QED) is 0.540. The number of aromatic nitrogens is 1. The third-order valence-electron chi connectivity index (χ3n) is 3.13. The Hall–Kier alpha value is -1.62. The number of nitrogens with two attached hydrogens (primary N) is 1. The zero-order valence-electron chi connectivity index (χ0n) is 10.2. The maximum Gasteiger partial charge on any atom is 0.255 e. The Morgan fingerprint density at radius 2 is 2.29 bits per heavy atom. The van der Waals surface area contributed by atoms with Gasteiger partial charge in [0.05, 0.1) is 11.3 Å². The Kier molecular flexibility index (Phi) is 3.28. The maximum absolute atomic E-state index is 12.0. The van der Waals surface area contributed by atoms with Gasteiger partial charge in [-0.25, -0.2) is 0 Å². The van der Waals surface area contributed by atoms with Crippen LogP contribution in [-0.2, 0) is 0 Å². The van der Waals surface area contributed by atoms with E-state index in [4.69, 9.17) is 5.84 Å². The Labute approximate surface area is 101 Å². The lowest BCUT2D eigenvalue weighted by Gasteiger charge is -2.14. The van der Waals surface area contributed by atoms with Crippen LogP contribution < -0.4 is 16.6 Å². The second-order valence-electron chi connectivity index (χ2n) is 4.62. The average molecular weight is 234 g/mol. The number of rotatable bonds is 4. The number of anilines is 1. The summed E-state index contributed by atoms with van der Waals surface area (Å²) in [6.45, 7) is 3.89. The number of carbonyl (C=O) groups excluding carboxylic acids is 1. The van der Waals surface area contributed by atoms with E-state index in [-0.39, 0.29) is 11.9 Å². The van der Waals surface area contributed by atoms with Gasteiger partial charge in [0.2, 0.25) is 0 Å². The molecule has 1 saturated carbocycles. The predicted octanol–water partition coefficient (Wildman–Crippen LogP) is 1.20. The number of aryl methyl sites for hydroxylation is 1. The summed E-state index contributed by atoms with van der Waals surface area (Å²) in [5.74, 6) is 5.91. The van der Waals surface area contributed by atoms with Crippen molar-refractivity contribution in [1.82, 2.24) is 10.3 Å². The maximum atomic E-state index is 12.0. The molecule has 1 aromatic rings. The molecule has 4 N–H and O–H groups in total. The van der Waals surface area contributed by atoms with Crippen LogP contribution in [0.2, 0.25) is 0 Å². The third-order valence-corrected chi connectivity index (χ3v) is 3.13. The number of amides is 1. The van der Waals surface area contributed by atoms with Crippen LogP contribution >= 0.6 is 0 Å². The standard InChI is InChI=1S/C12H18N4O/c1-7-5-11(16-13)10(6-14-7)12(17)15-8(2)9-3-4-9/h5-6,8-9H,3-4,13H2,1-2H3,(H,14,16)(H,15,17). The fourth-order valence-electron chi connectivity index (χ4n) is 1.86. The van der Waals surface area contributed by atoms with E-state index in [2.05, 4.69) is 15.7 Å². The molecule has 1 heterocycles. The highest BCUT2D eigenvalue weighted by Gasteiger charge is 2.29. The number of nitrogens with one attached hydrogen (secondary N) is 2. The van der Waals surface area contributed by atoms with Crippen molar-refractivity contribution in [3.8, 4) is 0 Å². The largest absolute Gasteiger partial charge is 0.349 e. The van der Waals surface area contributed by atoms with Gasteiger partial charge in [-0.15, -0.1) is 0 Å². The lowest BCUT2D eigenvalue weighted by atomic mass is 10.1. The SMILES string of the molecule is Cc1cc(NN)c(C(=O)NC(C)C2CC2)cn1. The van der Waals surface area contributed by atoms with E-state index in [9.17, 15) is 4.79 Å². The third kappa shape index (κ3) is 2.74. The van der Waals surface area contributed by atoms with Crippen LogP contribution in [0.4, 0.5) is 5.69 Å². The fourth-order valence-corrected chi connectivity index (χ4v) is 1.86. The fraction of sp³-hybridized carbons (Fsp3) is 0.500. The summed E-state index contributed by atoms with van der Waals surface area (Å²) in [4.78, 5) is 16.2. The van der Waals surface area contributed by atoms with Crippen molar-refractivity contribution in [2.75, 3.05) is 5.43 Å². The molecule has 17 heavy (non-hydrogen) atoms. The van der Waals surface area contributed by atoms with E-state index < -0.39 is 0 Å². The van der Waals surface area contributed by atoms with E-state index in [0.29, 0.717) is 17.2 Å². The van der Waals surface area contributed by atoms with E-state index >= 15 is 0 Å². The molecule has 0 spiro atoms. The van der Waals surface area contributed by atoms with Gasteiger partial charge >= 0.3 is 0 Å². The smallest absolute Gasteiger partial charge is 0.255 e. The normalized spacial score (nSPS) is 16.4. The van der Waals surface area contributed by atoms with Crippen LogP contribution in [0.3, 0.4) is 0 Å². The Morgan fingerprint density at radius 1 is 1.59 bits per heavy atom. The molecule has 0 bridgehead atoms. The molecule has 5 nitrogen and oxygen atoms in total. The van der Waals surface area contributed by atoms with Gasteiger partial charge in [-0.05, 0) is 38.7 Å². The first-order chi connectivity index (χ1) is 8.11. The summed E-state index contributed by atoms with van der Waals surface area (Å²) in [7, 11) is 0. The zero-order valence-corrected chi connectivity index (χ0v) is 10.2. The summed E-state index contributed by atoms with van der Waals surface area (Å²) < 4.78 is 0. The monoisotopic (exact) mass is 234 g/mol. The summed E-state index contributed by atoms with van der Waals surface area (Å²) in [5.41, 5.74) is 4.46. The summed E-state index contributed by atoms with van der Waals surface area (Å²) in [6, 6.07) is 1.98. The second kappa shape index (κ2) is 4.71. The Morgan fingerprint density at radius 3 is 2.88 bits per heavy atom. The molecule has 1 unspecified atom stereocenters. The molecule has 1 fully saturated rings. The number of hydrazine groups is 1. The van der Waals surface area contributed by atoms with Crippen LogP contribution in [0.5, 0.6) is 0 Å². The molecule has 0 aromatic carbocycles. The van der Waals surface area contributed by atoms with Gasteiger partial charge in [-0.1, -0.05) is 0 Å². The van der Waals surface area contributed by atoms with Crippen molar-refractivity contribution >= 4 is 11.6 Å². The minimum absolute atomic E-state index is 0.121. The Balaban J connectivity index is 2.12. The Bertz CT molecular complexity index is 429. The number of hydrogen-bond acceptors (Lipinski definition) is 4. The number of hydrogen-bond donors (Lipinski definition) is 3. The minimum Gasteiger partial charge on any atom is -0.349 e. The molecule has 1 amide bonds. The van der Waals surface area contributed by atoms with E-state index in [0.717, 1.165) is 5.69 Å². The van der Waals surface area contributed by atoms with Gasteiger partial charge in [0.1, 0.15) is 0 Å². The lowest BCUT2D eigenvalue weighted by molar-refractivity contribution is 0.0936. The molecule has 1 aliphatic rings. The predicted molar refractivity (Wildman–Crippen MR) is 66.4 cm³/mol. The molecule has 1 aromatic heterocycles. The average Bonchev–Trinajstić information content (AvgIpc) is 3.12. The summed E-state index contributed by atoms with van der Waals surface area (Å²) in [5, 5.41) is 2.98. The molecular formula is C12H18N4O. The van der Waals surface area contributed by atoms with Crippen molar-refractivity contribution in [2.24, 2.45) is 11.8 Å².